The summed E-state index contributed by atoms with van der Waals surface area (Å²) < 4.78 is 5.15. The number of aliphatic hydroxyl groups is 1. The number of esters is 1. The van der Waals surface area contributed by atoms with Crippen molar-refractivity contribution in [3.05, 3.63) is 11.6 Å². The molecule has 4 aliphatic carbocycles. The Hall–Kier alpha value is -3.08. The molecular formula is C30H42N2O9. The molecule has 4 rings (SSSR count). The highest BCUT2D eigenvalue weighted by Crippen LogP contribution is 2.67. The van der Waals surface area contributed by atoms with Crippen molar-refractivity contribution in [1.29, 1.82) is 0 Å². The zero-order valence-electron chi connectivity index (χ0n) is 23.9. The highest BCUT2D eigenvalue weighted by Gasteiger charge is 2.66. The number of nitrogens with one attached hydrogen (secondary N) is 1. The fourth-order valence-electron chi connectivity index (χ4n) is 8.40. The van der Waals surface area contributed by atoms with Crippen LogP contribution in [-0.2, 0) is 33.5 Å². The van der Waals surface area contributed by atoms with Crippen LogP contribution in [-0.4, -0.2) is 63.8 Å². The number of carboxylic acids is 1. The molecule has 5 N–H and O–H groups in total. The fraction of sp³-hybridized carbons (Fsp3) is 0.733. The number of ketones is 2. The summed E-state index contributed by atoms with van der Waals surface area (Å²) in [6.07, 6.45) is 6.50. The highest BCUT2D eigenvalue weighted by atomic mass is 16.5. The van der Waals surface area contributed by atoms with Crippen molar-refractivity contribution in [3.8, 4) is 0 Å². The Balaban J connectivity index is 1.31. The van der Waals surface area contributed by atoms with E-state index in [0.29, 0.717) is 37.5 Å². The molecule has 0 aliphatic heterocycles. The number of primary amides is 1. The van der Waals surface area contributed by atoms with Crippen LogP contribution in [0.2, 0.25) is 0 Å². The van der Waals surface area contributed by atoms with Crippen LogP contribution in [0.4, 0.5) is 0 Å². The van der Waals surface area contributed by atoms with Crippen molar-refractivity contribution in [2.75, 3.05) is 6.61 Å². The number of hydrogen-bond acceptors (Lipinski definition) is 8. The second kappa shape index (κ2) is 11.7. The van der Waals surface area contributed by atoms with E-state index in [1.54, 1.807) is 0 Å². The monoisotopic (exact) mass is 574 g/mol. The van der Waals surface area contributed by atoms with Crippen molar-refractivity contribution >= 4 is 35.3 Å². The van der Waals surface area contributed by atoms with Crippen LogP contribution < -0.4 is 11.1 Å². The molecule has 11 nitrogen and oxygen atoms in total. The Labute approximate surface area is 239 Å². The third-order valence-corrected chi connectivity index (χ3v) is 10.8. The van der Waals surface area contributed by atoms with E-state index in [1.807, 2.05) is 13.0 Å². The van der Waals surface area contributed by atoms with Crippen LogP contribution in [0.3, 0.4) is 0 Å². The molecule has 7 atom stereocenters. The normalized spacial score (nSPS) is 34.8. The van der Waals surface area contributed by atoms with Gasteiger partial charge in [-0.25, -0.2) is 4.79 Å². The van der Waals surface area contributed by atoms with Crippen LogP contribution in [0.5, 0.6) is 0 Å². The Bertz CT molecular complexity index is 1160. The highest BCUT2D eigenvalue weighted by molar-refractivity contribution is 5.92. The van der Waals surface area contributed by atoms with Gasteiger partial charge in [0.15, 0.2) is 12.4 Å². The minimum absolute atomic E-state index is 0.0168. The number of nitrogens with two attached hydrogens (primary N) is 1. The second-order valence-electron chi connectivity index (χ2n) is 12.9. The number of aliphatic carboxylic acids is 1. The number of hydrogen-bond donors (Lipinski definition) is 4. The van der Waals surface area contributed by atoms with E-state index in [1.165, 1.54) is 5.57 Å². The van der Waals surface area contributed by atoms with Crippen LogP contribution >= 0.6 is 0 Å². The molecule has 0 heterocycles. The molecule has 0 aromatic carbocycles. The number of amides is 2. The van der Waals surface area contributed by atoms with Crippen molar-refractivity contribution in [2.24, 2.45) is 34.3 Å². The summed E-state index contributed by atoms with van der Waals surface area (Å²) in [7, 11) is 0. The van der Waals surface area contributed by atoms with Gasteiger partial charge in [-0.2, -0.15) is 0 Å². The van der Waals surface area contributed by atoms with E-state index in [0.717, 1.165) is 25.7 Å². The smallest absolute Gasteiger partial charge is 0.326 e. The lowest BCUT2D eigenvalue weighted by molar-refractivity contribution is -0.170. The summed E-state index contributed by atoms with van der Waals surface area (Å²) in [6.45, 7) is 3.66. The number of rotatable bonds is 11. The van der Waals surface area contributed by atoms with E-state index in [4.69, 9.17) is 10.5 Å². The SMILES string of the molecule is C[C@]12CCC(=O)C=C1CC[C@@H]1[C@@H]2CC[C@@]2(C)[C@H]1CC[C@]2(O)C(=O)COC(=O)CCC(=O)N[C@H](CCC(N)=O)C(=O)O. The largest absolute Gasteiger partial charge is 0.480 e. The van der Waals surface area contributed by atoms with Crippen molar-refractivity contribution in [3.63, 3.8) is 0 Å². The van der Waals surface area contributed by atoms with Gasteiger partial charge in [-0.1, -0.05) is 19.4 Å². The molecule has 0 aromatic rings. The van der Waals surface area contributed by atoms with Gasteiger partial charge in [-0.15, -0.1) is 0 Å². The van der Waals surface area contributed by atoms with Gasteiger partial charge in [-0.3, -0.25) is 24.0 Å². The maximum Gasteiger partial charge on any atom is 0.326 e. The minimum atomic E-state index is -1.62. The van der Waals surface area contributed by atoms with Crippen molar-refractivity contribution in [2.45, 2.75) is 103 Å². The molecule has 0 saturated heterocycles. The van der Waals surface area contributed by atoms with Crippen LogP contribution in [0.15, 0.2) is 11.6 Å². The first-order valence-electron chi connectivity index (χ1n) is 14.7. The number of carbonyl (C=O) groups is 6. The number of carbonyl (C=O) groups excluding carboxylic acids is 5. The van der Waals surface area contributed by atoms with Crippen molar-refractivity contribution in [1.82, 2.24) is 5.32 Å². The number of fused-ring (bicyclic) bond motifs is 5. The predicted octanol–water partition coefficient (Wildman–Crippen LogP) is 1.98. The van der Waals surface area contributed by atoms with Gasteiger partial charge >= 0.3 is 11.9 Å². The number of ether oxygens (including phenoxy) is 1. The molecule has 0 aromatic heterocycles. The van der Waals surface area contributed by atoms with Crippen LogP contribution in [0.25, 0.3) is 0 Å². The van der Waals surface area contributed by atoms with Gasteiger partial charge in [0.05, 0.1) is 6.42 Å². The van der Waals surface area contributed by atoms with E-state index < -0.39 is 53.2 Å². The first kappa shape index (κ1) is 30.9. The molecule has 3 fully saturated rings. The Morgan fingerprint density at radius 3 is 2.41 bits per heavy atom. The number of Topliss-reactive ketones (excluding diaryl/α,β-unsaturated/α-hetero) is 1. The minimum Gasteiger partial charge on any atom is -0.480 e. The standard InChI is InChI=1S/C30H42N2O9/c1-28-12-9-18(33)15-17(28)3-4-19-20(28)10-13-29(2)21(19)11-14-30(29,40)23(34)16-41-26(37)8-7-25(36)32-22(27(38)39)5-6-24(31)35/h15,19-22,40H,3-14,16H2,1-2H3,(H2,31,35)(H,32,36)(H,38,39)/t19-,20+,21+,22-,28+,29+,30+/m1/s1. The molecule has 0 unspecified atom stereocenters. The summed E-state index contributed by atoms with van der Waals surface area (Å²) in [5.74, 6) is -2.97. The summed E-state index contributed by atoms with van der Waals surface area (Å²) in [5, 5.41) is 23.2. The van der Waals surface area contributed by atoms with Crippen LogP contribution in [0.1, 0.15) is 90.9 Å². The summed E-state index contributed by atoms with van der Waals surface area (Å²) in [5.41, 5.74) is 4.01. The molecule has 0 spiro atoms. The lowest BCUT2D eigenvalue weighted by atomic mass is 9.46. The Kier molecular flexibility index (Phi) is 8.78. The average Bonchev–Trinajstić information content (AvgIpc) is 3.20. The van der Waals surface area contributed by atoms with E-state index in [2.05, 4.69) is 12.2 Å². The van der Waals surface area contributed by atoms with Gasteiger partial charge in [0, 0.05) is 24.7 Å². The molecular weight excluding hydrogens is 532 g/mol. The van der Waals surface area contributed by atoms with Crippen molar-refractivity contribution < 1.29 is 43.7 Å². The molecule has 4 aliphatic rings. The van der Waals surface area contributed by atoms with Gasteiger partial charge < -0.3 is 26.0 Å². The first-order valence-corrected chi connectivity index (χ1v) is 14.7. The molecule has 11 heteroatoms. The maximum atomic E-state index is 13.3. The number of allylic oxidation sites excluding steroid dienone is 1. The van der Waals surface area contributed by atoms with Gasteiger partial charge in [0.1, 0.15) is 11.6 Å². The molecule has 0 radical (unpaired) electrons. The summed E-state index contributed by atoms with van der Waals surface area (Å²) in [4.78, 5) is 72.0. The van der Waals surface area contributed by atoms with Crippen LogP contribution in [0, 0.1) is 28.6 Å². The average molecular weight is 575 g/mol. The first-order chi connectivity index (χ1) is 19.2. The quantitative estimate of drug-likeness (QED) is 0.267. The van der Waals surface area contributed by atoms with E-state index in [9.17, 15) is 39.0 Å². The topological polar surface area (TPSA) is 190 Å². The van der Waals surface area contributed by atoms with E-state index >= 15 is 0 Å². The number of carboxylic acid groups (broad SMARTS) is 1. The molecule has 0 bridgehead atoms. The summed E-state index contributed by atoms with van der Waals surface area (Å²) >= 11 is 0. The maximum absolute atomic E-state index is 13.3. The lowest BCUT2D eigenvalue weighted by Crippen LogP contribution is -2.58. The summed E-state index contributed by atoms with van der Waals surface area (Å²) in [6, 6.07) is -1.32. The molecule has 2 amide bonds. The van der Waals surface area contributed by atoms with E-state index in [-0.39, 0.29) is 42.8 Å². The van der Waals surface area contributed by atoms with Gasteiger partial charge in [0.25, 0.3) is 0 Å². The zero-order valence-corrected chi connectivity index (χ0v) is 23.9. The zero-order chi connectivity index (χ0) is 30.2. The fourth-order valence-corrected chi connectivity index (χ4v) is 8.40. The van der Waals surface area contributed by atoms with Gasteiger partial charge in [0.2, 0.25) is 17.6 Å². The predicted molar refractivity (Wildman–Crippen MR) is 145 cm³/mol. The molecule has 41 heavy (non-hydrogen) atoms. The molecule has 226 valence electrons. The second-order valence-corrected chi connectivity index (χ2v) is 12.9. The lowest BCUT2D eigenvalue weighted by Gasteiger charge is -2.58. The third kappa shape index (κ3) is 5.82. The Morgan fingerprint density at radius 2 is 1.73 bits per heavy atom. The Morgan fingerprint density at radius 1 is 1.02 bits per heavy atom. The third-order valence-electron chi connectivity index (χ3n) is 10.8. The van der Waals surface area contributed by atoms with Gasteiger partial charge in [-0.05, 0) is 80.6 Å². The molecule has 3 saturated carbocycles.